The summed E-state index contributed by atoms with van der Waals surface area (Å²) < 4.78 is 0. The van der Waals surface area contributed by atoms with Crippen molar-refractivity contribution in [2.75, 3.05) is 16.8 Å². The second-order valence-corrected chi connectivity index (χ2v) is 5.77. The van der Waals surface area contributed by atoms with Crippen molar-refractivity contribution in [1.82, 2.24) is 9.97 Å². The lowest BCUT2D eigenvalue weighted by molar-refractivity contribution is 0.936. The molecule has 1 N–H and O–H groups in total. The molecule has 4 heteroatoms. The molecule has 0 aliphatic carbocycles. The summed E-state index contributed by atoms with van der Waals surface area (Å²) in [6, 6.07) is 20.4. The molecule has 122 valence electrons. The maximum absolute atomic E-state index is 4.71. The Balaban J connectivity index is 1.93. The quantitative estimate of drug-likeness (QED) is 0.719. The molecule has 2 aromatic carbocycles. The van der Waals surface area contributed by atoms with Gasteiger partial charge in [-0.25, -0.2) is 4.98 Å². The van der Waals surface area contributed by atoms with Crippen LogP contribution in [0.1, 0.15) is 18.2 Å². The topological polar surface area (TPSA) is 41.1 Å². The summed E-state index contributed by atoms with van der Waals surface area (Å²) in [5.41, 5.74) is 4.27. The lowest BCUT2D eigenvalue weighted by Crippen LogP contribution is -2.19. The standard InChI is InChI=1S/C20H22N4/c1-4-24(18-11-6-5-7-12-18)20-21-16(3)14-19(23-20)22-17-10-8-9-15(2)13-17/h5-14H,4H2,1-3H3,(H,21,22,23). The molecule has 0 unspecified atom stereocenters. The molecule has 0 saturated heterocycles. The van der Waals surface area contributed by atoms with Crippen LogP contribution in [0, 0.1) is 13.8 Å². The Labute approximate surface area is 143 Å². The molecule has 0 fully saturated rings. The van der Waals surface area contributed by atoms with Gasteiger partial charge in [-0.1, -0.05) is 30.3 Å². The van der Waals surface area contributed by atoms with Gasteiger partial charge in [-0.3, -0.25) is 0 Å². The zero-order valence-electron chi connectivity index (χ0n) is 14.3. The maximum Gasteiger partial charge on any atom is 0.232 e. The van der Waals surface area contributed by atoms with Crippen molar-refractivity contribution < 1.29 is 0 Å². The van der Waals surface area contributed by atoms with Crippen LogP contribution in [0.2, 0.25) is 0 Å². The van der Waals surface area contributed by atoms with Crippen molar-refractivity contribution in [3.05, 3.63) is 71.9 Å². The van der Waals surface area contributed by atoms with E-state index in [0.717, 1.165) is 29.4 Å². The SMILES string of the molecule is CCN(c1ccccc1)c1nc(C)cc(Nc2cccc(C)c2)n1. The van der Waals surface area contributed by atoms with Crippen LogP contribution in [-0.4, -0.2) is 16.5 Å². The predicted molar refractivity (Wildman–Crippen MR) is 100 cm³/mol. The van der Waals surface area contributed by atoms with Gasteiger partial charge in [-0.05, 0) is 50.6 Å². The van der Waals surface area contributed by atoms with Gasteiger partial charge in [0.15, 0.2) is 0 Å². The number of anilines is 4. The highest BCUT2D eigenvalue weighted by Gasteiger charge is 2.12. The first-order chi connectivity index (χ1) is 11.7. The molecule has 0 bridgehead atoms. The van der Waals surface area contributed by atoms with E-state index in [1.807, 2.05) is 43.3 Å². The second kappa shape index (κ2) is 7.13. The molecule has 0 amide bonds. The van der Waals surface area contributed by atoms with Gasteiger partial charge in [0, 0.05) is 29.7 Å². The maximum atomic E-state index is 4.71. The molecule has 3 aromatic rings. The van der Waals surface area contributed by atoms with Crippen LogP contribution in [0.25, 0.3) is 0 Å². The van der Waals surface area contributed by atoms with Crippen molar-refractivity contribution in [1.29, 1.82) is 0 Å². The average Bonchev–Trinajstić information content (AvgIpc) is 2.56. The zero-order chi connectivity index (χ0) is 16.9. The molecule has 1 heterocycles. The van der Waals surface area contributed by atoms with Gasteiger partial charge in [-0.15, -0.1) is 0 Å². The van der Waals surface area contributed by atoms with E-state index in [2.05, 4.69) is 53.3 Å². The van der Waals surface area contributed by atoms with Gasteiger partial charge in [0.2, 0.25) is 5.95 Å². The van der Waals surface area contributed by atoms with Crippen molar-refractivity contribution in [2.24, 2.45) is 0 Å². The van der Waals surface area contributed by atoms with E-state index < -0.39 is 0 Å². The smallest absolute Gasteiger partial charge is 0.232 e. The molecule has 0 spiro atoms. The summed E-state index contributed by atoms with van der Waals surface area (Å²) in [6.07, 6.45) is 0. The van der Waals surface area contributed by atoms with Crippen molar-refractivity contribution >= 4 is 23.1 Å². The largest absolute Gasteiger partial charge is 0.340 e. The molecule has 0 atom stereocenters. The van der Waals surface area contributed by atoms with Gasteiger partial charge in [0.25, 0.3) is 0 Å². The molecule has 0 aliphatic heterocycles. The Bertz CT molecular complexity index is 815. The first-order valence-electron chi connectivity index (χ1n) is 8.17. The number of hydrogen-bond donors (Lipinski definition) is 1. The van der Waals surface area contributed by atoms with Crippen LogP contribution in [-0.2, 0) is 0 Å². The minimum Gasteiger partial charge on any atom is -0.340 e. The Morgan fingerprint density at radius 3 is 2.42 bits per heavy atom. The van der Waals surface area contributed by atoms with Crippen LogP contribution in [0.4, 0.5) is 23.1 Å². The lowest BCUT2D eigenvalue weighted by Gasteiger charge is -2.22. The fourth-order valence-corrected chi connectivity index (χ4v) is 2.66. The summed E-state index contributed by atoms with van der Waals surface area (Å²) in [5, 5.41) is 3.38. The van der Waals surface area contributed by atoms with E-state index in [-0.39, 0.29) is 0 Å². The third-order valence-corrected chi connectivity index (χ3v) is 3.76. The molecular weight excluding hydrogens is 296 g/mol. The van der Waals surface area contributed by atoms with Gasteiger partial charge in [0.05, 0.1) is 0 Å². The Kier molecular flexibility index (Phi) is 4.75. The van der Waals surface area contributed by atoms with E-state index in [1.165, 1.54) is 5.56 Å². The number of nitrogens with zero attached hydrogens (tertiary/aromatic N) is 3. The van der Waals surface area contributed by atoms with Crippen molar-refractivity contribution in [3.63, 3.8) is 0 Å². The Morgan fingerprint density at radius 2 is 1.71 bits per heavy atom. The summed E-state index contributed by atoms with van der Waals surface area (Å²) in [4.78, 5) is 11.4. The fraction of sp³-hybridized carbons (Fsp3) is 0.200. The van der Waals surface area contributed by atoms with E-state index in [0.29, 0.717) is 5.95 Å². The van der Waals surface area contributed by atoms with Crippen LogP contribution in [0.3, 0.4) is 0 Å². The molecular formula is C20H22N4. The zero-order valence-corrected chi connectivity index (χ0v) is 14.3. The summed E-state index contributed by atoms with van der Waals surface area (Å²) in [6.45, 7) is 6.98. The van der Waals surface area contributed by atoms with Crippen LogP contribution in [0.15, 0.2) is 60.7 Å². The highest BCUT2D eigenvalue weighted by atomic mass is 15.3. The first kappa shape index (κ1) is 16.0. The number of para-hydroxylation sites is 1. The van der Waals surface area contributed by atoms with Gasteiger partial charge in [0.1, 0.15) is 5.82 Å². The van der Waals surface area contributed by atoms with Crippen LogP contribution < -0.4 is 10.2 Å². The van der Waals surface area contributed by atoms with Crippen LogP contribution in [0.5, 0.6) is 0 Å². The molecule has 4 nitrogen and oxygen atoms in total. The number of aromatic nitrogens is 2. The minimum absolute atomic E-state index is 0.707. The summed E-state index contributed by atoms with van der Waals surface area (Å²) >= 11 is 0. The number of nitrogens with one attached hydrogen (secondary N) is 1. The third-order valence-electron chi connectivity index (χ3n) is 3.76. The first-order valence-corrected chi connectivity index (χ1v) is 8.17. The van der Waals surface area contributed by atoms with Crippen molar-refractivity contribution in [3.8, 4) is 0 Å². The van der Waals surface area contributed by atoms with Crippen molar-refractivity contribution in [2.45, 2.75) is 20.8 Å². The molecule has 3 rings (SSSR count). The molecule has 0 radical (unpaired) electrons. The third kappa shape index (κ3) is 3.71. The summed E-state index contributed by atoms with van der Waals surface area (Å²) in [7, 11) is 0. The normalized spacial score (nSPS) is 10.5. The summed E-state index contributed by atoms with van der Waals surface area (Å²) in [5.74, 6) is 1.51. The Morgan fingerprint density at radius 1 is 0.917 bits per heavy atom. The van der Waals surface area contributed by atoms with Gasteiger partial charge in [-0.2, -0.15) is 4.98 Å². The number of rotatable bonds is 5. The van der Waals surface area contributed by atoms with E-state index >= 15 is 0 Å². The van der Waals surface area contributed by atoms with E-state index in [1.54, 1.807) is 0 Å². The molecule has 0 aliphatic rings. The number of benzene rings is 2. The lowest BCUT2D eigenvalue weighted by atomic mass is 10.2. The fourth-order valence-electron chi connectivity index (χ4n) is 2.66. The van der Waals surface area contributed by atoms with Gasteiger partial charge < -0.3 is 10.2 Å². The number of aryl methyl sites for hydroxylation is 2. The number of hydrogen-bond acceptors (Lipinski definition) is 4. The van der Waals surface area contributed by atoms with Gasteiger partial charge >= 0.3 is 0 Å². The highest BCUT2D eigenvalue weighted by Crippen LogP contribution is 2.24. The highest BCUT2D eigenvalue weighted by molar-refractivity contribution is 5.62. The molecule has 0 saturated carbocycles. The average molecular weight is 318 g/mol. The molecule has 24 heavy (non-hydrogen) atoms. The van der Waals surface area contributed by atoms with E-state index in [4.69, 9.17) is 4.98 Å². The minimum atomic E-state index is 0.707. The van der Waals surface area contributed by atoms with Crippen LogP contribution >= 0.6 is 0 Å². The monoisotopic (exact) mass is 318 g/mol. The molecule has 1 aromatic heterocycles. The van der Waals surface area contributed by atoms with E-state index in [9.17, 15) is 0 Å². The Hall–Kier alpha value is -2.88. The predicted octanol–water partition coefficient (Wildman–Crippen LogP) is 5.00. The second-order valence-electron chi connectivity index (χ2n) is 5.77.